The van der Waals surface area contributed by atoms with Gasteiger partial charge in [-0.15, -0.1) is 0 Å². The van der Waals surface area contributed by atoms with Crippen LogP contribution in [0.2, 0.25) is 0 Å². The quantitative estimate of drug-likeness (QED) is 0.844. The van der Waals surface area contributed by atoms with Gasteiger partial charge in [-0.25, -0.2) is 8.78 Å². The van der Waals surface area contributed by atoms with Crippen molar-refractivity contribution < 1.29 is 23.5 Å². The van der Waals surface area contributed by atoms with Gasteiger partial charge in [0.2, 0.25) is 11.8 Å². The van der Waals surface area contributed by atoms with Crippen LogP contribution in [0.1, 0.15) is 32.6 Å². The molecule has 1 N–H and O–H groups in total. The van der Waals surface area contributed by atoms with E-state index >= 15 is 0 Å². The van der Waals surface area contributed by atoms with Crippen LogP contribution in [-0.2, 0) is 9.59 Å². The molecule has 1 aliphatic carbocycles. The van der Waals surface area contributed by atoms with E-state index in [1.54, 1.807) is 0 Å². The summed E-state index contributed by atoms with van der Waals surface area (Å²) in [5, 5.41) is 8.75. The highest BCUT2D eigenvalue weighted by atomic mass is 19.3. The standard InChI is InChI=1S/C12H19F2NO3/c1-8(11(17)18)7-15(2)10(16)9-4-3-5-12(13,14)6-9/h8-9H,3-7H2,1-2H3,(H,17,18). The molecular formula is C12H19F2NO3. The van der Waals surface area contributed by atoms with Gasteiger partial charge in [0, 0.05) is 32.4 Å². The molecule has 18 heavy (non-hydrogen) atoms. The number of carboxylic acids is 1. The van der Waals surface area contributed by atoms with Crippen molar-refractivity contribution in [3.05, 3.63) is 0 Å². The molecule has 2 unspecified atom stereocenters. The van der Waals surface area contributed by atoms with Gasteiger partial charge in [-0.05, 0) is 12.8 Å². The fraction of sp³-hybridized carbons (Fsp3) is 0.833. The lowest BCUT2D eigenvalue weighted by molar-refractivity contribution is -0.146. The number of carbonyl (C=O) groups is 2. The molecule has 1 amide bonds. The smallest absolute Gasteiger partial charge is 0.308 e. The number of hydrogen-bond acceptors (Lipinski definition) is 2. The van der Waals surface area contributed by atoms with Gasteiger partial charge in [-0.2, -0.15) is 0 Å². The molecule has 0 heterocycles. The number of halogens is 2. The van der Waals surface area contributed by atoms with Gasteiger partial charge in [-0.1, -0.05) is 6.92 Å². The van der Waals surface area contributed by atoms with Crippen LogP contribution in [0.5, 0.6) is 0 Å². The molecule has 0 saturated heterocycles. The third-order valence-corrected chi connectivity index (χ3v) is 3.33. The normalized spacial score (nSPS) is 24.3. The van der Waals surface area contributed by atoms with E-state index in [0.29, 0.717) is 12.8 Å². The van der Waals surface area contributed by atoms with Crippen molar-refractivity contribution in [2.75, 3.05) is 13.6 Å². The Kier molecular flexibility index (Phi) is 4.65. The summed E-state index contributed by atoms with van der Waals surface area (Å²) in [5.41, 5.74) is 0. The molecule has 0 spiro atoms. The second kappa shape index (κ2) is 5.63. The Morgan fingerprint density at radius 3 is 2.61 bits per heavy atom. The molecule has 0 aromatic rings. The molecule has 1 rings (SSSR count). The maximum atomic E-state index is 13.2. The minimum absolute atomic E-state index is 0.0518. The molecule has 0 bridgehead atoms. The van der Waals surface area contributed by atoms with Crippen molar-refractivity contribution in [3.63, 3.8) is 0 Å². The Morgan fingerprint density at radius 2 is 2.11 bits per heavy atom. The van der Waals surface area contributed by atoms with Crippen LogP contribution in [-0.4, -0.2) is 41.4 Å². The van der Waals surface area contributed by atoms with E-state index in [4.69, 9.17) is 5.11 Å². The van der Waals surface area contributed by atoms with Crippen molar-refractivity contribution >= 4 is 11.9 Å². The third-order valence-electron chi connectivity index (χ3n) is 3.33. The molecule has 0 aliphatic heterocycles. The number of carbonyl (C=O) groups excluding carboxylic acids is 1. The third kappa shape index (κ3) is 3.92. The van der Waals surface area contributed by atoms with Crippen molar-refractivity contribution in [1.82, 2.24) is 4.90 Å². The lowest BCUT2D eigenvalue weighted by Gasteiger charge is -2.31. The summed E-state index contributed by atoms with van der Waals surface area (Å²) >= 11 is 0. The predicted molar refractivity (Wildman–Crippen MR) is 61.3 cm³/mol. The first-order chi connectivity index (χ1) is 8.23. The average Bonchev–Trinajstić information content (AvgIpc) is 2.26. The zero-order valence-corrected chi connectivity index (χ0v) is 10.7. The first-order valence-corrected chi connectivity index (χ1v) is 6.08. The summed E-state index contributed by atoms with van der Waals surface area (Å²) in [6.07, 6.45) is 0.218. The highest BCUT2D eigenvalue weighted by Gasteiger charge is 2.40. The Hall–Kier alpha value is -1.20. The molecular weight excluding hydrogens is 244 g/mol. The topological polar surface area (TPSA) is 57.6 Å². The van der Waals surface area contributed by atoms with E-state index in [1.807, 2.05) is 0 Å². The molecule has 1 fully saturated rings. The molecule has 4 nitrogen and oxygen atoms in total. The van der Waals surface area contributed by atoms with Gasteiger partial charge in [0.05, 0.1) is 5.92 Å². The Balaban J connectivity index is 2.55. The monoisotopic (exact) mass is 263 g/mol. The zero-order chi connectivity index (χ0) is 13.9. The number of amides is 1. The van der Waals surface area contributed by atoms with Crippen LogP contribution in [0.15, 0.2) is 0 Å². The number of nitrogens with zero attached hydrogens (tertiary/aromatic N) is 1. The molecule has 104 valence electrons. The van der Waals surface area contributed by atoms with Gasteiger partial charge >= 0.3 is 5.97 Å². The van der Waals surface area contributed by atoms with Gasteiger partial charge in [0.1, 0.15) is 0 Å². The van der Waals surface area contributed by atoms with Gasteiger partial charge in [0.15, 0.2) is 0 Å². The van der Waals surface area contributed by atoms with E-state index in [9.17, 15) is 18.4 Å². The van der Waals surface area contributed by atoms with Crippen LogP contribution in [0, 0.1) is 11.8 Å². The first kappa shape index (κ1) is 14.9. The summed E-state index contributed by atoms with van der Waals surface area (Å²) in [6, 6.07) is 0. The predicted octanol–water partition coefficient (Wildman–Crippen LogP) is 1.99. The maximum Gasteiger partial charge on any atom is 0.308 e. The summed E-state index contributed by atoms with van der Waals surface area (Å²) in [6.45, 7) is 1.54. The summed E-state index contributed by atoms with van der Waals surface area (Å²) in [7, 11) is 1.47. The minimum Gasteiger partial charge on any atom is -0.481 e. The zero-order valence-electron chi connectivity index (χ0n) is 10.7. The summed E-state index contributed by atoms with van der Waals surface area (Å²) < 4.78 is 26.4. The van der Waals surface area contributed by atoms with E-state index in [-0.39, 0.29) is 18.9 Å². The van der Waals surface area contributed by atoms with Gasteiger partial charge < -0.3 is 10.0 Å². The number of hydrogen-bond donors (Lipinski definition) is 1. The van der Waals surface area contributed by atoms with E-state index < -0.39 is 30.1 Å². The highest BCUT2D eigenvalue weighted by molar-refractivity contribution is 5.79. The molecule has 1 saturated carbocycles. The van der Waals surface area contributed by atoms with Crippen LogP contribution in [0.4, 0.5) is 8.78 Å². The number of aliphatic carboxylic acids is 1. The number of carboxylic acid groups (broad SMARTS) is 1. The molecule has 2 atom stereocenters. The number of rotatable bonds is 4. The first-order valence-electron chi connectivity index (χ1n) is 6.08. The van der Waals surface area contributed by atoms with Crippen LogP contribution < -0.4 is 0 Å². The fourth-order valence-electron chi connectivity index (χ4n) is 2.27. The van der Waals surface area contributed by atoms with E-state index in [0.717, 1.165) is 0 Å². The summed E-state index contributed by atoms with van der Waals surface area (Å²) in [4.78, 5) is 23.9. The van der Waals surface area contributed by atoms with Crippen molar-refractivity contribution in [2.45, 2.75) is 38.5 Å². The number of alkyl halides is 2. The fourth-order valence-corrected chi connectivity index (χ4v) is 2.27. The molecule has 6 heteroatoms. The Morgan fingerprint density at radius 1 is 1.50 bits per heavy atom. The van der Waals surface area contributed by atoms with Crippen LogP contribution in [0.3, 0.4) is 0 Å². The average molecular weight is 263 g/mol. The second-order valence-corrected chi connectivity index (χ2v) is 5.11. The molecule has 0 radical (unpaired) electrons. The van der Waals surface area contributed by atoms with Gasteiger partial charge in [0.25, 0.3) is 0 Å². The van der Waals surface area contributed by atoms with Crippen LogP contribution in [0.25, 0.3) is 0 Å². The lowest BCUT2D eigenvalue weighted by Crippen LogP contribution is -2.41. The maximum absolute atomic E-state index is 13.2. The molecule has 1 aliphatic rings. The Labute approximate surface area is 105 Å². The second-order valence-electron chi connectivity index (χ2n) is 5.11. The molecule has 0 aromatic heterocycles. The summed E-state index contributed by atoms with van der Waals surface area (Å²) in [5.74, 6) is -5.51. The lowest BCUT2D eigenvalue weighted by atomic mass is 9.85. The molecule has 0 aromatic carbocycles. The highest BCUT2D eigenvalue weighted by Crippen LogP contribution is 2.37. The van der Waals surface area contributed by atoms with Crippen molar-refractivity contribution in [2.24, 2.45) is 11.8 Å². The Bertz CT molecular complexity index is 333. The van der Waals surface area contributed by atoms with Crippen molar-refractivity contribution in [3.8, 4) is 0 Å². The minimum atomic E-state index is -2.77. The largest absolute Gasteiger partial charge is 0.481 e. The van der Waals surface area contributed by atoms with E-state index in [2.05, 4.69) is 0 Å². The van der Waals surface area contributed by atoms with Gasteiger partial charge in [-0.3, -0.25) is 9.59 Å². The SMILES string of the molecule is CC(CN(C)C(=O)C1CCCC(F)(F)C1)C(=O)O. The van der Waals surface area contributed by atoms with Crippen molar-refractivity contribution in [1.29, 1.82) is 0 Å². The van der Waals surface area contributed by atoms with Crippen LogP contribution >= 0.6 is 0 Å². The van der Waals surface area contributed by atoms with E-state index in [1.165, 1.54) is 18.9 Å².